The van der Waals surface area contributed by atoms with E-state index in [0.29, 0.717) is 23.6 Å². The number of nitrogens with one attached hydrogen (secondary N) is 1. The molecule has 0 aromatic heterocycles. The molecule has 0 spiro atoms. The Morgan fingerprint density at radius 3 is 2.07 bits per heavy atom. The van der Waals surface area contributed by atoms with Crippen molar-refractivity contribution >= 4 is 39.1 Å². The first-order chi connectivity index (χ1) is 20.7. The van der Waals surface area contributed by atoms with Gasteiger partial charge in [0.1, 0.15) is 18.4 Å². The summed E-state index contributed by atoms with van der Waals surface area (Å²) in [6.45, 7) is 1.57. The predicted octanol–water partition coefficient (Wildman–Crippen LogP) is 5.84. The molecule has 4 aromatic carbocycles. The Kier molecular flexibility index (Phi) is 10.9. The molecule has 0 radical (unpaired) electrons. The standard InChI is InChI=1S/C33H33ClFN3O4S/c1-2-21-36-33(40)31(22-25-11-5-3-6-12-25)37(23-26-17-19-27(34)20-18-26)32(39)24-38(30-16-10-9-15-29(30)35)43(41,42)28-13-7-4-8-14-28/h3-20,31H,2,21-24H2,1H3,(H,36,40)/t31-/m0/s1. The monoisotopic (exact) mass is 621 g/mol. The van der Waals surface area contributed by atoms with E-state index in [-0.39, 0.29) is 29.5 Å². The van der Waals surface area contributed by atoms with E-state index in [0.717, 1.165) is 15.9 Å². The largest absolute Gasteiger partial charge is 0.354 e. The number of anilines is 1. The molecule has 4 aromatic rings. The van der Waals surface area contributed by atoms with Gasteiger partial charge in [0.15, 0.2) is 0 Å². The average Bonchev–Trinajstić information content (AvgIpc) is 3.02. The summed E-state index contributed by atoms with van der Waals surface area (Å²) in [6.07, 6.45) is 0.867. The molecule has 0 aliphatic heterocycles. The Hall–Kier alpha value is -4.21. The molecular weight excluding hydrogens is 589 g/mol. The van der Waals surface area contributed by atoms with E-state index in [2.05, 4.69) is 5.32 Å². The minimum Gasteiger partial charge on any atom is -0.354 e. The van der Waals surface area contributed by atoms with E-state index in [1.54, 1.807) is 42.5 Å². The normalized spacial score (nSPS) is 11.9. The van der Waals surface area contributed by atoms with Crippen molar-refractivity contribution in [3.05, 3.63) is 131 Å². The molecule has 7 nitrogen and oxygen atoms in total. The van der Waals surface area contributed by atoms with Crippen molar-refractivity contribution in [3.63, 3.8) is 0 Å². The molecule has 0 aliphatic rings. The highest BCUT2D eigenvalue weighted by Gasteiger charge is 2.35. The van der Waals surface area contributed by atoms with Crippen LogP contribution in [0.4, 0.5) is 10.1 Å². The lowest BCUT2D eigenvalue weighted by molar-refractivity contribution is -0.140. The zero-order chi connectivity index (χ0) is 30.8. The first-order valence-electron chi connectivity index (χ1n) is 13.9. The number of hydrogen-bond acceptors (Lipinski definition) is 4. The number of benzene rings is 4. The zero-order valence-corrected chi connectivity index (χ0v) is 25.3. The number of sulfonamides is 1. The minimum atomic E-state index is -4.37. The molecule has 1 atom stereocenters. The van der Waals surface area contributed by atoms with Gasteiger partial charge in [-0.25, -0.2) is 12.8 Å². The van der Waals surface area contributed by atoms with Gasteiger partial charge in [-0.05, 0) is 53.9 Å². The third kappa shape index (κ3) is 8.21. The van der Waals surface area contributed by atoms with Crippen LogP contribution in [0.15, 0.2) is 114 Å². The van der Waals surface area contributed by atoms with Gasteiger partial charge in [0.2, 0.25) is 11.8 Å². The summed E-state index contributed by atoms with van der Waals surface area (Å²) >= 11 is 6.09. The molecular formula is C33H33ClFN3O4S. The highest BCUT2D eigenvalue weighted by molar-refractivity contribution is 7.92. The molecule has 10 heteroatoms. The van der Waals surface area contributed by atoms with E-state index in [9.17, 15) is 18.0 Å². The van der Waals surface area contributed by atoms with Gasteiger partial charge in [0, 0.05) is 24.5 Å². The van der Waals surface area contributed by atoms with E-state index in [1.807, 2.05) is 37.3 Å². The Labute approximate surface area is 257 Å². The van der Waals surface area contributed by atoms with Gasteiger partial charge < -0.3 is 10.2 Å². The second-order valence-corrected chi connectivity index (χ2v) is 12.2. The maximum Gasteiger partial charge on any atom is 0.264 e. The van der Waals surface area contributed by atoms with E-state index < -0.39 is 34.3 Å². The fourth-order valence-corrected chi connectivity index (χ4v) is 6.16. The molecule has 0 fully saturated rings. The number of nitrogens with zero attached hydrogens (tertiary/aromatic N) is 2. The van der Waals surface area contributed by atoms with Gasteiger partial charge in [0.25, 0.3) is 10.0 Å². The fraction of sp³-hybridized carbons (Fsp3) is 0.212. The summed E-state index contributed by atoms with van der Waals surface area (Å²) in [5, 5.41) is 3.39. The summed E-state index contributed by atoms with van der Waals surface area (Å²) in [6, 6.07) is 28.0. The Morgan fingerprint density at radius 1 is 0.837 bits per heavy atom. The van der Waals surface area contributed by atoms with Crippen molar-refractivity contribution in [1.29, 1.82) is 0 Å². The van der Waals surface area contributed by atoms with Gasteiger partial charge in [-0.1, -0.05) is 91.3 Å². The van der Waals surface area contributed by atoms with Crippen LogP contribution in [0.1, 0.15) is 24.5 Å². The number of rotatable bonds is 13. The maximum absolute atomic E-state index is 15.1. The van der Waals surface area contributed by atoms with Gasteiger partial charge in [-0.15, -0.1) is 0 Å². The van der Waals surface area contributed by atoms with Crippen LogP contribution < -0.4 is 9.62 Å². The number of carbonyl (C=O) groups excluding carboxylic acids is 2. The van der Waals surface area contributed by atoms with Crippen molar-refractivity contribution in [2.45, 2.75) is 37.2 Å². The third-order valence-corrected chi connectivity index (χ3v) is 8.84. The molecule has 1 N–H and O–H groups in total. The maximum atomic E-state index is 15.1. The number of amides is 2. The lowest BCUT2D eigenvalue weighted by Gasteiger charge is -2.34. The van der Waals surface area contributed by atoms with Crippen LogP contribution in [-0.4, -0.2) is 44.3 Å². The van der Waals surface area contributed by atoms with Crippen LogP contribution in [0.2, 0.25) is 5.02 Å². The van der Waals surface area contributed by atoms with Crippen LogP contribution in [0.25, 0.3) is 0 Å². The molecule has 0 heterocycles. The highest BCUT2D eigenvalue weighted by atomic mass is 35.5. The van der Waals surface area contributed by atoms with E-state index in [1.165, 1.54) is 35.2 Å². The van der Waals surface area contributed by atoms with Gasteiger partial charge >= 0.3 is 0 Å². The zero-order valence-electron chi connectivity index (χ0n) is 23.7. The quantitative estimate of drug-likeness (QED) is 0.203. The highest BCUT2D eigenvalue weighted by Crippen LogP contribution is 2.27. The molecule has 224 valence electrons. The number of halogens is 2. The summed E-state index contributed by atoms with van der Waals surface area (Å²) in [5.74, 6) is -1.86. The van der Waals surface area contributed by atoms with Gasteiger partial charge in [-0.3, -0.25) is 13.9 Å². The molecule has 43 heavy (non-hydrogen) atoms. The summed E-state index contributed by atoms with van der Waals surface area (Å²) < 4.78 is 43.6. The molecule has 0 aliphatic carbocycles. The van der Waals surface area contributed by atoms with Crippen LogP contribution in [0.5, 0.6) is 0 Å². The van der Waals surface area contributed by atoms with Crippen LogP contribution in [0.3, 0.4) is 0 Å². The molecule has 0 saturated heterocycles. The number of hydrogen-bond donors (Lipinski definition) is 1. The fourth-order valence-electron chi connectivity index (χ4n) is 4.59. The minimum absolute atomic E-state index is 0.0104. The predicted molar refractivity (Wildman–Crippen MR) is 167 cm³/mol. The molecule has 4 rings (SSSR count). The first kappa shape index (κ1) is 31.7. The topological polar surface area (TPSA) is 86.8 Å². The summed E-state index contributed by atoms with van der Waals surface area (Å²) in [4.78, 5) is 29.2. The van der Waals surface area contributed by atoms with Crippen molar-refractivity contribution in [1.82, 2.24) is 10.2 Å². The number of carbonyl (C=O) groups is 2. The first-order valence-corrected chi connectivity index (χ1v) is 15.7. The molecule has 0 unspecified atom stereocenters. The third-order valence-electron chi connectivity index (χ3n) is 6.82. The second kappa shape index (κ2) is 14.8. The Balaban J connectivity index is 1.79. The molecule has 0 saturated carbocycles. The van der Waals surface area contributed by atoms with Crippen LogP contribution in [0, 0.1) is 5.82 Å². The summed E-state index contributed by atoms with van der Waals surface area (Å²) in [5.41, 5.74) is 1.22. The van der Waals surface area contributed by atoms with E-state index in [4.69, 9.17) is 11.6 Å². The van der Waals surface area contributed by atoms with Gasteiger partial charge in [0.05, 0.1) is 10.6 Å². The van der Waals surface area contributed by atoms with Gasteiger partial charge in [-0.2, -0.15) is 0 Å². The average molecular weight is 622 g/mol. The second-order valence-electron chi connectivity index (χ2n) is 9.92. The Morgan fingerprint density at radius 2 is 1.44 bits per heavy atom. The van der Waals surface area contributed by atoms with Crippen LogP contribution >= 0.6 is 11.6 Å². The Bertz CT molecular complexity index is 1620. The number of para-hydroxylation sites is 1. The molecule has 2 amide bonds. The molecule has 0 bridgehead atoms. The van der Waals surface area contributed by atoms with Crippen molar-refractivity contribution < 1.29 is 22.4 Å². The van der Waals surface area contributed by atoms with E-state index >= 15 is 4.39 Å². The SMILES string of the molecule is CCCNC(=O)[C@H](Cc1ccccc1)N(Cc1ccc(Cl)cc1)C(=O)CN(c1ccccc1F)S(=O)(=O)c1ccccc1. The lowest BCUT2D eigenvalue weighted by atomic mass is 10.0. The van der Waals surface area contributed by atoms with Crippen molar-refractivity contribution in [3.8, 4) is 0 Å². The summed E-state index contributed by atoms with van der Waals surface area (Å²) in [7, 11) is -4.37. The van der Waals surface area contributed by atoms with Crippen molar-refractivity contribution in [2.24, 2.45) is 0 Å². The smallest absolute Gasteiger partial charge is 0.264 e. The van der Waals surface area contributed by atoms with Crippen molar-refractivity contribution in [2.75, 3.05) is 17.4 Å². The lowest BCUT2D eigenvalue weighted by Crippen LogP contribution is -2.53. The van der Waals surface area contributed by atoms with Crippen LogP contribution in [-0.2, 0) is 32.6 Å².